The molecule has 0 saturated heterocycles. The summed E-state index contributed by atoms with van der Waals surface area (Å²) in [4.78, 5) is 16.9. The fourth-order valence-electron chi connectivity index (χ4n) is 4.12. The zero-order valence-electron chi connectivity index (χ0n) is 22.5. The number of nitrogens with one attached hydrogen (secondary N) is 1. The fraction of sp³-hybridized carbons (Fsp3) is 0.467. The van der Waals surface area contributed by atoms with Crippen LogP contribution in [-0.2, 0) is 17.8 Å². The van der Waals surface area contributed by atoms with E-state index in [0.29, 0.717) is 6.61 Å². The first kappa shape index (κ1) is 27.3. The summed E-state index contributed by atoms with van der Waals surface area (Å²) in [5.74, 6) is 2.74. The van der Waals surface area contributed by atoms with Gasteiger partial charge in [-0.2, -0.15) is 0 Å². The maximum absolute atomic E-state index is 12.0. The number of aryl methyl sites for hydroxylation is 2. The second-order valence-corrected chi connectivity index (χ2v) is 10.1. The zero-order valence-corrected chi connectivity index (χ0v) is 22.5. The lowest BCUT2D eigenvalue weighted by atomic mass is 9.96. The van der Waals surface area contributed by atoms with Crippen molar-refractivity contribution in [3.8, 4) is 11.5 Å². The predicted molar refractivity (Wildman–Crippen MR) is 148 cm³/mol. The van der Waals surface area contributed by atoms with Crippen molar-refractivity contribution in [3.05, 3.63) is 59.9 Å². The summed E-state index contributed by atoms with van der Waals surface area (Å²) in [6.45, 7) is 9.98. The molecule has 6 heteroatoms. The lowest BCUT2D eigenvalue weighted by molar-refractivity contribution is -0.128. The Morgan fingerprint density at radius 2 is 1.86 bits per heavy atom. The number of benzene rings is 2. The Morgan fingerprint density at radius 1 is 1.06 bits per heavy atom. The highest BCUT2D eigenvalue weighted by Crippen LogP contribution is 2.29. The Bertz CT molecular complexity index is 1160. The number of hydrogen-bond donors (Lipinski definition) is 1. The average Bonchev–Trinajstić information content (AvgIpc) is 3.21. The molecule has 3 aromatic rings. The molecule has 0 spiro atoms. The number of para-hydroxylation sites is 2. The van der Waals surface area contributed by atoms with Crippen LogP contribution < -0.4 is 14.8 Å². The van der Waals surface area contributed by atoms with Gasteiger partial charge in [0.1, 0.15) is 5.82 Å². The molecule has 0 fully saturated rings. The highest BCUT2D eigenvalue weighted by atomic mass is 16.5. The van der Waals surface area contributed by atoms with Crippen LogP contribution in [0, 0.1) is 5.41 Å². The summed E-state index contributed by atoms with van der Waals surface area (Å²) < 4.78 is 13.9. The molecule has 0 aliphatic rings. The van der Waals surface area contributed by atoms with Gasteiger partial charge < -0.3 is 19.4 Å². The highest BCUT2D eigenvalue weighted by Gasteiger charge is 2.20. The molecule has 2 aromatic carbocycles. The molecule has 0 bridgehead atoms. The van der Waals surface area contributed by atoms with Gasteiger partial charge in [0.15, 0.2) is 11.5 Å². The number of ether oxygens (including phenoxy) is 2. The highest BCUT2D eigenvalue weighted by molar-refractivity contribution is 5.81. The molecule has 0 aliphatic heterocycles. The number of rotatable bonds is 13. The van der Waals surface area contributed by atoms with Gasteiger partial charge in [-0.15, -0.1) is 0 Å². The third-order valence-corrected chi connectivity index (χ3v) is 6.11. The number of hydrogen-bond acceptors (Lipinski definition) is 4. The van der Waals surface area contributed by atoms with E-state index in [4.69, 9.17) is 14.5 Å². The molecule has 6 nitrogen and oxygen atoms in total. The van der Waals surface area contributed by atoms with Crippen molar-refractivity contribution >= 4 is 23.0 Å². The molecule has 0 radical (unpaired) electrons. The van der Waals surface area contributed by atoms with Crippen molar-refractivity contribution in [1.82, 2.24) is 14.9 Å². The Labute approximate surface area is 215 Å². The largest absolute Gasteiger partial charge is 0.493 e. The molecule has 0 saturated carbocycles. The van der Waals surface area contributed by atoms with Gasteiger partial charge in [-0.05, 0) is 56.0 Å². The van der Waals surface area contributed by atoms with Crippen molar-refractivity contribution in [2.24, 2.45) is 5.41 Å². The van der Waals surface area contributed by atoms with Gasteiger partial charge in [0, 0.05) is 24.9 Å². The monoisotopic (exact) mass is 491 g/mol. The second kappa shape index (κ2) is 13.1. The number of carbonyl (C=O) groups excluding carboxylic acids is 1. The molecule has 36 heavy (non-hydrogen) atoms. The number of unbranched alkanes of at least 4 members (excludes halogenated alkanes) is 2. The lowest BCUT2D eigenvalue weighted by Crippen LogP contribution is -2.35. The smallest absolute Gasteiger partial charge is 0.225 e. The zero-order chi connectivity index (χ0) is 26.0. The third kappa shape index (κ3) is 7.61. The van der Waals surface area contributed by atoms with Gasteiger partial charge in [0.05, 0.1) is 24.8 Å². The molecule has 1 heterocycles. The maximum Gasteiger partial charge on any atom is 0.225 e. The third-order valence-electron chi connectivity index (χ3n) is 6.11. The standard InChI is InChI=1S/C30H41N3O3/c1-6-13-23-17-18-26(27(22-23)35-5)36-21-12-20-33-25-15-10-9-14-24(25)32-28(33)16-8-7-11-19-31-29(34)30(2,3)4/h6,9-10,13-15,17-18,22H,7-8,11-12,16,19-21H2,1-5H3,(H,31,34)/b13-6+. The normalized spacial score (nSPS) is 11.8. The SMILES string of the molecule is C/C=C/c1ccc(OCCCn2c(CCCCCNC(=O)C(C)(C)C)nc3ccccc32)c(OC)c1. The van der Waals surface area contributed by atoms with E-state index < -0.39 is 0 Å². The average molecular weight is 492 g/mol. The van der Waals surface area contributed by atoms with Gasteiger partial charge >= 0.3 is 0 Å². The minimum Gasteiger partial charge on any atom is -0.493 e. The number of allylic oxidation sites excluding steroid dienone is 1. The number of imidazole rings is 1. The van der Waals surface area contributed by atoms with E-state index in [2.05, 4.69) is 28.1 Å². The van der Waals surface area contributed by atoms with E-state index in [9.17, 15) is 4.79 Å². The molecule has 1 N–H and O–H groups in total. The number of nitrogens with zero attached hydrogens (tertiary/aromatic N) is 2. The molecule has 3 rings (SSSR count). The summed E-state index contributed by atoms with van der Waals surface area (Å²) in [6.07, 6.45) is 8.91. The van der Waals surface area contributed by atoms with Gasteiger partial charge in [0.2, 0.25) is 5.91 Å². The Balaban J connectivity index is 1.53. The number of methoxy groups -OCH3 is 1. The van der Waals surface area contributed by atoms with Crippen LogP contribution in [-0.4, -0.2) is 35.7 Å². The summed E-state index contributed by atoms with van der Waals surface area (Å²) in [6, 6.07) is 14.3. The Hall–Kier alpha value is -3.28. The van der Waals surface area contributed by atoms with E-state index in [1.807, 2.05) is 64.1 Å². The fourth-order valence-corrected chi connectivity index (χ4v) is 4.12. The van der Waals surface area contributed by atoms with Crippen LogP contribution in [0.15, 0.2) is 48.5 Å². The van der Waals surface area contributed by atoms with E-state index in [0.717, 1.165) is 73.6 Å². The molecule has 0 atom stereocenters. The van der Waals surface area contributed by atoms with Crippen LogP contribution in [0.4, 0.5) is 0 Å². The van der Waals surface area contributed by atoms with E-state index >= 15 is 0 Å². The van der Waals surface area contributed by atoms with Crippen molar-refractivity contribution in [1.29, 1.82) is 0 Å². The van der Waals surface area contributed by atoms with Crippen LogP contribution >= 0.6 is 0 Å². The first-order valence-corrected chi connectivity index (χ1v) is 13.0. The van der Waals surface area contributed by atoms with Crippen molar-refractivity contribution < 1.29 is 14.3 Å². The molecule has 1 aromatic heterocycles. The first-order valence-electron chi connectivity index (χ1n) is 13.0. The van der Waals surface area contributed by atoms with E-state index in [1.54, 1.807) is 7.11 Å². The first-order chi connectivity index (χ1) is 17.3. The lowest BCUT2D eigenvalue weighted by Gasteiger charge is -2.17. The summed E-state index contributed by atoms with van der Waals surface area (Å²) in [7, 11) is 1.67. The summed E-state index contributed by atoms with van der Waals surface area (Å²) >= 11 is 0. The van der Waals surface area contributed by atoms with Crippen LogP contribution in [0.25, 0.3) is 17.1 Å². The van der Waals surface area contributed by atoms with Gasteiger partial charge in [-0.3, -0.25) is 4.79 Å². The quantitative estimate of drug-likeness (QED) is 0.280. The summed E-state index contributed by atoms with van der Waals surface area (Å²) in [5, 5.41) is 3.03. The molecule has 1 amide bonds. The van der Waals surface area contributed by atoms with Gasteiger partial charge in [0.25, 0.3) is 0 Å². The Morgan fingerprint density at radius 3 is 2.61 bits per heavy atom. The number of fused-ring (bicyclic) bond motifs is 1. The minimum absolute atomic E-state index is 0.109. The van der Waals surface area contributed by atoms with Gasteiger partial charge in [-0.1, -0.05) is 57.5 Å². The molecule has 194 valence electrons. The topological polar surface area (TPSA) is 65.4 Å². The second-order valence-electron chi connectivity index (χ2n) is 10.1. The number of aromatic nitrogens is 2. The number of carbonyl (C=O) groups is 1. The van der Waals surface area contributed by atoms with E-state index in [-0.39, 0.29) is 11.3 Å². The van der Waals surface area contributed by atoms with E-state index in [1.165, 1.54) is 5.52 Å². The van der Waals surface area contributed by atoms with Crippen LogP contribution in [0.3, 0.4) is 0 Å². The predicted octanol–water partition coefficient (Wildman–Crippen LogP) is 6.42. The molecule has 0 unspecified atom stereocenters. The molecular weight excluding hydrogens is 450 g/mol. The van der Waals surface area contributed by atoms with Crippen LogP contribution in [0.5, 0.6) is 11.5 Å². The molecular formula is C30H41N3O3. The van der Waals surface area contributed by atoms with Crippen molar-refractivity contribution in [2.45, 2.75) is 66.3 Å². The Kier molecular flexibility index (Phi) is 9.97. The van der Waals surface area contributed by atoms with Crippen molar-refractivity contribution in [2.75, 3.05) is 20.3 Å². The van der Waals surface area contributed by atoms with Crippen molar-refractivity contribution in [3.63, 3.8) is 0 Å². The van der Waals surface area contributed by atoms with Crippen LogP contribution in [0.1, 0.15) is 64.8 Å². The minimum atomic E-state index is -0.338. The number of amides is 1. The van der Waals surface area contributed by atoms with Crippen LogP contribution in [0.2, 0.25) is 0 Å². The maximum atomic E-state index is 12.0. The van der Waals surface area contributed by atoms with Gasteiger partial charge in [-0.25, -0.2) is 4.98 Å². The molecule has 0 aliphatic carbocycles. The summed E-state index contributed by atoms with van der Waals surface area (Å²) in [5.41, 5.74) is 2.95.